The summed E-state index contributed by atoms with van der Waals surface area (Å²) in [4.78, 5) is 19.4. The van der Waals surface area contributed by atoms with E-state index in [0.717, 1.165) is 59.2 Å². The third-order valence-corrected chi connectivity index (χ3v) is 8.33. The summed E-state index contributed by atoms with van der Waals surface area (Å²) in [6.07, 6.45) is 2.99. The van der Waals surface area contributed by atoms with E-state index in [0.29, 0.717) is 29.6 Å². The third kappa shape index (κ3) is 6.85. The number of fused-ring (bicyclic) bond motifs is 3. The lowest BCUT2D eigenvalue weighted by Crippen LogP contribution is -2.28. The largest absolute Gasteiger partial charge is 0.493 e. The number of ether oxygens (including phenoxy) is 2. The lowest BCUT2D eigenvalue weighted by atomic mass is 10.1. The average Bonchev–Trinajstić information content (AvgIpc) is 3.31. The van der Waals surface area contributed by atoms with E-state index in [-0.39, 0.29) is 5.91 Å². The van der Waals surface area contributed by atoms with E-state index >= 15 is 0 Å². The van der Waals surface area contributed by atoms with E-state index in [1.54, 1.807) is 30.9 Å². The van der Waals surface area contributed by atoms with Crippen molar-refractivity contribution in [3.05, 3.63) is 83.4 Å². The fourth-order valence-corrected chi connectivity index (χ4v) is 5.87. The molecule has 2 aromatic heterocycles. The fourth-order valence-electron chi connectivity index (χ4n) is 5.09. The molecule has 0 saturated carbocycles. The molecule has 3 aromatic carbocycles. The van der Waals surface area contributed by atoms with E-state index in [1.165, 1.54) is 11.1 Å². The molecule has 0 aliphatic carbocycles. The molecule has 0 radical (unpaired) electrons. The Labute approximate surface area is 251 Å². The van der Waals surface area contributed by atoms with E-state index in [4.69, 9.17) is 14.5 Å². The Morgan fingerprint density at radius 1 is 0.929 bits per heavy atom. The van der Waals surface area contributed by atoms with Gasteiger partial charge in [-0.3, -0.25) is 4.79 Å². The van der Waals surface area contributed by atoms with Gasteiger partial charge < -0.3 is 18.9 Å². The van der Waals surface area contributed by atoms with Gasteiger partial charge in [0.1, 0.15) is 5.52 Å². The Kier molecular flexibility index (Phi) is 9.59. The Morgan fingerprint density at radius 3 is 2.57 bits per heavy atom. The maximum atomic E-state index is 12.7. The molecule has 0 aliphatic rings. The predicted octanol–water partition coefficient (Wildman–Crippen LogP) is 6.32. The predicted molar refractivity (Wildman–Crippen MR) is 169 cm³/mol. The Hall–Kier alpha value is -4.11. The number of likely N-dealkylation sites (N-methyl/N-ethyl adjacent to an activating group) is 1. The number of hydrogen-bond acceptors (Lipinski definition) is 7. The second kappa shape index (κ2) is 13.7. The van der Waals surface area contributed by atoms with Crippen LogP contribution in [0.15, 0.2) is 71.9 Å². The van der Waals surface area contributed by atoms with Crippen molar-refractivity contribution in [2.75, 3.05) is 33.6 Å². The number of carbonyl (C=O) groups excluding carboxylic acids is 1. The normalized spacial score (nSPS) is 11.2. The standard InChI is InChI=1S/C33H37N5O3S/c1-23-10-9-11-25(20-23)22-38-27-13-6-5-12-26(27)31-32(38)34-33(36-35-31)42-19-8-7-14-30(39)37(2)18-17-24-15-16-28(40-3)29(21-24)41-4/h5-6,9-13,15-16,20-21H,7-8,14,17-19,22H2,1-4H3. The minimum absolute atomic E-state index is 0.153. The second-order valence-corrected chi connectivity index (χ2v) is 11.5. The molecule has 42 heavy (non-hydrogen) atoms. The van der Waals surface area contributed by atoms with E-state index in [1.807, 2.05) is 37.4 Å². The first kappa shape index (κ1) is 29.4. The van der Waals surface area contributed by atoms with E-state index in [2.05, 4.69) is 58.1 Å². The first-order valence-corrected chi connectivity index (χ1v) is 15.2. The van der Waals surface area contributed by atoms with Crippen molar-refractivity contribution in [3.63, 3.8) is 0 Å². The van der Waals surface area contributed by atoms with Crippen molar-refractivity contribution < 1.29 is 14.3 Å². The molecule has 0 aliphatic heterocycles. The van der Waals surface area contributed by atoms with Crippen LogP contribution in [0.4, 0.5) is 0 Å². The van der Waals surface area contributed by atoms with Gasteiger partial charge in [0.05, 0.1) is 19.7 Å². The van der Waals surface area contributed by atoms with Crippen LogP contribution < -0.4 is 9.47 Å². The first-order valence-electron chi connectivity index (χ1n) is 14.2. The van der Waals surface area contributed by atoms with Crippen molar-refractivity contribution in [2.24, 2.45) is 0 Å². The van der Waals surface area contributed by atoms with Crippen LogP contribution in [0.5, 0.6) is 11.5 Å². The number of aromatic nitrogens is 4. The third-order valence-electron chi connectivity index (χ3n) is 7.40. The van der Waals surface area contributed by atoms with Gasteiger partial charge in [-0.2, -0.15) is 0 Å². The molecule has 9 heteroatoms. The summed E-state index contributed by atoms with van der Waals surface area (Å²) in [7, 11) is 5.12. The Balaban J connectivity index is 1.14. The van der Waals surface area contributed by atoms with Crippen molar-refractivity contribution in [1.29, 1.82) is 0 Å². The topological polar surface area (TPSA) is 82.4 Å². The maximum absolute atomic E-state index is 12.7. The molecule has 0 fully saturated rings. The fraction of sp³-hybridized carbons (Fsp3) is 0.333. The first-order chi connectivity index (χ1) is 20.5. The summed E-state index contributed by atoms with van der Waals surface area (Å²) in [5.41, 5.74) is 6.34. The van der Waals surface area contributed by atoms with Gasteiger partial charge in [0.15, 0.2) is 17.1 Å². The molecule has 0 spiro atoms. The zero-order valence-electron chi connectivity index (χ0n) is 24.7. The summed E-state index contributed by atoms with van der Waals surface area (Å²) >= 11 is 1.59. The Morgan fingerprint density at radius 2 is 1.76 bits per heavy atom. The SMILES string of the molecule is COc1ccc(CCN(C)C(=O)CCCCSc2nnc3c4ccccc4n(Cc4cccc(C)c4)c3n2)cc1OC. The highest BCUT2D eigenvalue weighted by Crippen LogP contribution is 2.29. The quantitative estimate of drug-likeness (QED) is 0.119. The van der Waals surface area contributed by atoms with Crippen LogP contribution in [0.1, 0.15) is 36.0 Å². The van der Waals surface area contributed by atoms with Gasteiger partial charge in [0.2, 0.25) is 11.1 Å². The van der Waals surface area contributed by atoms with Crippen molar-refractivity contribution in [2.45, 2.75) is 44.3 Å². The summed E-state index contributed by atoms with van der Waals surface area (Å²) in [5, 5.41) is 10.7. The molecule has 2 heterocycles. The molecule has 0 bridgehead atoms. The van der Waals surface area contributed by atoms with Crippen LogP contribution in [-0.2, 0) is 17.8 Å². The van der Waals surface area contributed by atoms with E-state index in [9.17, 15) is 4.79 Å². The van der Waals surface area contributed by atoms with Gasteiger partial charge in [-0.15, -0.1) is 10.2 Å². The lowest BCUT2D eigenvalue weighted by molar-refractivity contribution is -0.129. The summed E-state index contributed by atoms with van der Waals surface area (Å²) in [5.74, 6) is 2.39. The number of benzene rings is 3. The van der Waals surface area contributed by atoms with Crippen molar-refractivity contribution in [3.8, 4) is 11.5 Å². The highest BCUT2D eigenvalue weighted by Gasteiger charge is 2.16. The number of aryl methyl sites for hydroxylation is 1. The molecular weight excluding hydrogens is 546 g/mol. The molecule has 0 N–H and O–H groups in total. The summed E-state index contributed by atoms with van der Waals surface area (Å²) in [6.45, 7) is 3.48. The molecule has 218 valence electrons. The average molecular weight is 584 g/mol. The van der Waals surface area contributed by atoms with Gasteiger partial charge in [0.25, 0.3) is 0 Å². The number of rotatable bonds is 13. The van der Waals surface area contributed by atoms with Gasteiger partial charge >= 0.3 is 0 Å². The summed E-state index contributed by atoms with van der Waals surface area (Å²) in [6, 6.07) is 22.7. The smallest absolute Gasteiger partial charge is 0.222 e. The molecule has 1 amide bonds. The molecular formula is C33H37N5O3S. The van der Waals surface area contributed by atoms with Crippen molar-refractivity contribution in [1.82, 2.24) is 24.6 Å². The number of nitrogens with zero attached hydrogens (tertiary/aromatic N) is 5. The van der Waals surface area contributed by atoms with Crippen LogP contribution in [0, 0.1) is 6.92 Å². The monoisotopic (exact) mass is 583 g/mol. The van der Waals surface area contributed by atoms with Crippen LogP contribution >= 0.6 is 11.8 Å². The molecule has 0 saturated heterocycles. The van der Waals surface area contributed by atoms with Crippen LogP contribution in [0.2, 0.25) is 0 Å². The van der Waals surface area contributed by atoms with E-state index < -0.39 is 0 Å². The highest BCUT2D eigenvalue weighted by molar-refractivity contribution is 7.99. The molecule has 5 rings (SSSR count). The second-order valence-electron chi connectivity index (χ2n) is 10.4. The number of para-hydroxylation sites is 1. The van der Waals surface area contributed by atoms with Crippen molar-refractivity contribution >= 4 is 39.7 Å². The minimum atomic E-state index is 0.153. The maximum Gasteiger partial charge on any atom is 0.222 e. The zero-order valence-corrected chi connectivity index (χ0v) is 25.5. The number of methoxy groups -OCH3 is 2. The van der Waals surface area contributed by atoms with Gasteiger partial charge in [-0.05, 0) is 55.5 Å². The number of thioether (sulfide) groups is 1. The molecule has 5 aromatic rings. The number of carbonyl (C=O) groups is 1. The molecule has 8 nitrogen and oxygen atoms in total. The van der Waals surface area contributed by atoms with Gasteiger partial charge in [0, 0.05) is 37.7 Å². The zero-order chi connectivity index (χ0) is 29.5. The van der Waals surface area contributed by atoms with Crippen LogP contribution in [-0.4, -0.2) is 64.1 Å². The Bertz CT molecular complexity index is 1690. The lowest BCUT2D eigenvalue weighted by Gasteiger charge is -2.17. The molecule has 0 atom stereocenters. The minimum Gasteiger partial charge on any atom is -0.493 e. The summed E-state index contributed by atoms with van der Waals surface area (Å²) < 4.78 is 12.9. The number of hydrogen-bond donors (Lipinski definition) is 0. The van der Waals surface area contributed by atoms with Gasteiger partial charge in [-0.25, -0.2) is 4.98 Å². The van der Waals surface area contributed by atoms with Crippen LogP contribution in [0.25, 0.3) is 22.1 Å². The van der Waals surface area contributed by atoms with Gasteiger partial charge in [-0.1, -0.05) is 65.9 Å². The van der Waals surface area contributed by atoms with Crippen LogP contribution in [0.3, 0.4) is 0 Å². The highest BCUT2D eigenvalue weighted by atomic mass is 32.2. The number of amides is 1. The molecule has 0 unspecified atom stereocenters. The number of unbranched alkanes of at least 4 members (excludes halogenated alkanes) is 1.